The van der Waals surface area contributed by atoms with E-state index < -0.39 is 12.0 Å². The number of nitrogens with zero attached hydrogens (tertiary/aromatic N) is 1. The van der Waals surface area contributed by atoms with Gasteiger partial charge in [0.2, 0.25) is 0 Å². The molecule has 1 amide bonds. The zero-order valence-electron chi connectivity index (χ0n) is 17.6. The highest BCUT2D eigenvalue weighted by Gasteiger charge is 2.23. The number of methoxy groups -OCH3 is 1. The Kier molecular flexibility index (Phi) is 8.12. The number of imidazole rings is 1. The second-order valence-electron chi connectivity index (χ2n) is 6.87. The standard InChI is InChI=1S/C23H26N4O3S/c1-30-23(29)21(10-11-31-2)27-22(28)19-9-8-17(25-14-18-13-24-15-26-18)12-20(19)16-6-4-3-5-7-16/h3-9,12-13,15,21,25H,10-11,14H2,1-2H3,(H,24,26)(H,27,28)/t21-/m0/s1. The molecule has 1 atom stereocenters. The predicted molar refractivity (Wildman–Crippen MR) is 124 cm³/mol. The lowest BCUT2D eigenvalue weighted by molar-refractivity contribution is -0.142. The Morgan fingerprint density at radius 1 is 1.19 bits per heavy atom. The second-order valence-corrected chi connectivity index (χ2v) is 7.86. The number of hydrogen-bond donors (Lipinski definition) is 3. The summed E-state index contributed by atoms with van der Waals surface area (Å²) in [4.78, 5) is 32.4. The van der Waals surface area contributed by atoms with E-state index in [1.807, 2.05) is 54.9 Å². The number of carbonyl (C=O) groups excluding carboxylic acids is 2. The molecule has 0 unspecified atom stereocenters. The average Bonchev–Trinajstić information content (AvgIpc) is 3.34. The normalized spacial score (nSPS) is 11.5. The highest BCUT2D eigenvalue weighted by molar-refractivity contribution is 7.98. The molecule has 0 aliphatic carbocycles. The number of esters is 1. The van der Waals surface area contributed by atoms with E-state index >= 15 is 0 Å². The summed E-state index contributed by atoms with van der Waals surface area (Å²) >= 11 is 1.61. The van der Waals surface area contributed by atoms with E-state index in [1.54, 1.807) is 24.2 Å². The summed E-state index contributed by atoms with van der Waals surface area (Å²) in [5, 5.41) is 6.17. The molecular weight excluding hydrogens is 412 g/mol. The van der Waals surface area contributed by atoms with E-state index in [0.29, 0.717) is 18.5 Å². The number of carbonyl (C=O) groups is 2. The predicted octanol–water partition coefficient (Wildman–Crippen LogP) is 3.71. The summed E-state index contributed by atoms with van der Waals surface area (Å²) in [5.74, 6) is -0.0167. The highest BCUT2D eigenvalue weighted by atomic mass is 32.2. The van der Waals surface area contributed by atoms with Crippen LogP contribution in [0, 0.1) is 0 Å². The molecule has 8 heteroatoms. The number of aromatic amines is 1. The van der Waals surface area contributed by atoms with Crippen LogP contribution in [-0.4, -0.2) is 47.0 Å². The Morgan fingerprint density at radius 2 is 2.00 bits per heavy atom. The lowest BCUT2D eigenvalue weighted by atomic mass is 9.98. The molecular formula is C23H26N4O3S. The lowest BCUT2D eigenvalue weighted by Gasteiger charge is -2.18. The van der Waals surface area contributed by atoms with Gasteiger partial charge < -0.3 is 20.4 Å². The Morgan fingerprint density at radius 3 is 2.68 bits per heavy atom. The Bertz CT molecular complexity index is 993. The number of thioether (sulfide) groups is 1. The molecule has 2 aromatic carbocycles. The lowest BCUT2D eigenvalue weighted by Crippen LogP contribution is -2.42. The van der Waals surface area contributed by atoms with E-state index in [2.05, 4.69) is 20.6 Å². The third kappa shape index (κ3) is 6.11. The van der Waals surface area contributed by atoms with E-state index in [4.69, 9.17) is 4.74 Å². The van der Waals surface area contributed by atoms with Crippen LogP contribution in [0.3, 0.4) is 0 Å². The van der Waals surface area contributed by atoms with Gasteiger partial charge in [0, 0.05) is 17.4 Å². The summed E-state index contributed by atoms with van der Waals surface area (Å²) < 4.78 is 4.87. The van der Waals surface area contributed by atoms with E-state index in [-0.39, 0.29) is 5.91 Å². The Hall–Kier alpha value is -3.26. The van der Waals surface area contributed by atoms with Crippen LogP contribution in [0.5, 0.6) is 0 Å². The zero-order valence-corrected chi connectivity index (χ0v) is 18.4. The number of benzene rings is 2. The molecule has 0 fully saturated rings. The van der Waals surface area contributed by atoms with E-state index in [9.17, 15) is 9.59 Å². The molecule has 1 aromatic heterocycles. The fourth-order valence-corrected chi connectivity index (χ4v) is 3.62. The van der Waals surface area contributed by atoms with Gasteiger partial charge in [-0.2, -0.15) is 11.8 Å². The van der Waals surface area contributed by atoms with Crippen molar-refractivity contribution in [1.29, 1.82) is 0 Å². The third-order valence-electron chi connectivity index (χ3n) is 4.78. The molecule has 0 aliphatic heterocycles. The van der Waals surface area contributed by atoms with Gasteiger partial charge in [0.15, 0.2) is 0 Å². The number of rotatable bonds is 10. The molecule has 3 N–H and O–H groups in total. The largest absolute Gasteiger partial charge is 0.467 e. The van der Waals surface area contributed by atoms with Crippen LogP contribution in [0.4, 0.5) is 5.69 Å². The average molecular weight is 439 g/mol. The van der Waals surface area contributed by atoms with Crippen LogP contribution in [0.25, 0.3) is 11.1 Å². The molecule has 3 rings (SSSR count). The summed E-state index contributed by atoms with van der Waals surface area (Å²) in [6, 6.07) is 14.6. The van der Waals surface area contributed by atoms with Gasteiger partial charge in [0.1, 0.15) is 6.04 Å². The van der Waals surface area contributed by atoms with Crippen molar-refractivity contribution in [1.82, 2.24) is 15.3 Å². The molecule has 0 radical (unpaired) electrons. The van der Waals surface area contributed by atoms with Crippen LogP contribution in [0.1, 0.15) is 22.5 Å². The molecule has 0 bridgehead atoms. The summed E-state index contributed by atoms with van der Waals surface area (Å²) in [6.45, 7) is 0.558. The Balaban J connectivity index is 1.87. The molecule has 7 nitrogen and oxygen atoms in total. The van der Waals surface area contributed by atoms with Crippen molar-refractivity contribution >= 4 is 29.3 Å². The first-order chi connectivity index (χ1) is 15.1. The number of hydrogen-bond acceptors (Lipinski definition) is 6. The SMILES string of the molecule is COC(=O)[C@H](CCSC)NC(=O)c1ccc(NCc2c[nH]cn2)cc1-c1ccccc1. The molecule has 3 aromatic rings. The maximum atomic E-state index is 13.1. The number of H-pyrrole nitrogens is 1. The second kappa shape index (κ2) is 11.2. The quantitative estimate of drug-likeness (QED) is 0.418. The van der Waals surface area contributed by atoms with Crippen LogP contribution >= 0.6 is 11.8 Å². The van der Waals surface area contributed by atoms with Crippen molar-refractivity contribution in [2.24, 2.45) is 0 Å². The molecule has 0 spiro atoms. The van der Waals surface area contributed by atoms with Gasteiger partial charge in [-0.1, -0.05) is 30.3 Å². The van der Waals surface area contributed by atoms with Crippen LogP contribution in [0.2, 0.25) is 0 Å². The molecule has 0 saturated carbocycles. The van der Waals surface area contributed by atoms with Crippen LogP contribution in [-0.2, 0) is 16.1 Å². The first-order valence-corrected chi connectivity index (χ1v) is 11.3. The van der Waals surface area contributed by atoms with Gasteiger partial charge in [-0.05, 0) is 47.8 Å². The number of anilines is 1. The van der Waals surface area contributed by atoms with Gasteiger partial charge in [-0.25, -0.2) is 9.78 Å². The van der Waals surface area contributed by atoms with Crippen molar-refractivity contribution in [3.63, 3.8) is 0 Å². The minimum Gasteiger partial charge on any atom is -0.467 e. The molecule has 31 heavy (non-hydrogen) atoms. The molecule has 0 aliphatic rings. The van der Waals surface area contributed by atoms with Crippen molar-refractivity contribution in [2.45, 2.75) is 19.0 Å². The minimum absolute atomic E-state index is 0.311. The van der Waals surface area contributed by atoms with Crippen molar-refractivity contribution in [3.05, 3.63) is 72.3 Å². The highest BCUT2D eigenvalue weighted by Crippen LogP contribution is 2.27. The van der Waals surface area contributed by atoms with E-state index in [1.165, 1.54) is 7.11 Å². The van der Waals surface area contributed by atoms with Crippen molar-refractivity contribution < 1.29 is 14.3 Å². The molecule has 0 saturated heterocycles. The van der Waals surface area contributed by atoms with Gasteiger partial charge in [-0.3, -0.25) is 4.79 Å². The van der Waals surface area contributed by atoms with Crippen molar-refractivity contribution in [2.75, 3.05) is 24.4 Å². The first-order valence-electron chi connectivity index (χ1n) is 9.91. The Labute approximate surface area is 186 Å². The number of amides is 1. The fraction of sp³-hybridized carbons (Fsp3) is 0.261. The number of nitrogens with one attached hydrogen (secondary N) is 3. The van der Waals surface area contributed by atoms with Gasteiger partial charge >= 0.3 is 5.97 Å². The van der Waals surface area contributed by atoms with E-state index in [0.717, 1.165) is 28.3 Å². The smallest absolute Gasteiger partial charge is 0.328 e. The van der Waals surface area contributed by atoms with Gasteiger partial charge in [0.25, 0.3) is 5.91 Å². The maximum absolute atomic E-state index is 13.1. The van der Waals surface area contributed by atoms with Gasteiger partial charge in [-0.15, -0.1) is 0 Å². The number of ether oxygens (including phenoxy) is 1. The number of aromatic nitrogens is 2. The molecule has 1 heterocycles. The van der Waals surface area contributed by atoms with Crippen LogP contribution in [0.15, 0.2) is 61.1 Å². The minimum atomic E-state index is -0.689. The summed E-state index contributed by atoms with van der Waals surface area (Å²) in [5.41, 5.74) is 3.94. The maximum Gasteiger partial charge on any atom is 0.328 e. The monoisotopic (exact) mass is 438 g/mol. The first kappa shape index (κ1) is 22.4. The summed E-state index contributed by atoms with van der Waals surface area (Å²) in [6.07, 6.45) is 5.92. The third-order valence-corrected chi connectivity index (χ3v) is 5.42. The van der Waals surface area contributed by atoms with Crippen LogP contribution < -0.4 is 10.6 Å². The zero-order chi connectivity index (χ0) is 22.1. The topological polar surface area (TPSA) is 96.1 Å². The van der Waals surface area contributed by atoms with Gasteiger partial charge in [0.05, 0.1) is 25.7 Å². The fourth-order valence-electron chi connectivity index (χ4n) is 3.15. The molecule has 162 valence electrons. The van der Waals surface area contributed by atoms with Crippen molar-refractivity contribution in [3.8, 4) is 11.1 Å². The summed E-state index contributed by atoms with van der Waals surface area (Å²) in [7, 11) is 1.33.